The molecule has 46 heavy (non-hydrogen) atoms. The molecule has 6 heterocycles. The minimum absolute atomic E-state index is 0.0400. The van der Waals surface area contributed by atoms with Crippen LogP contribution in [-0.4, -0.2) is 82.5 Å². The Morgan fingerprint density at radius 2 is 1.93 bits per heavy atom. The second-order valence-corrected chi connectivity index (χ2v) is 11.7. The van der Waals surface area contributed by atoms with Crippen molar-refractivity contribution in [1.29, 1.82) is 0 Å². The summed E-state index contributed by atoms with van der Waals surface area (Å²) in [4.78, 5) is 36.3. The highest BCUT2D eigenvalue weighted by Crippen LogP contribution is 2.34. The van der Waals surface area contributed by atoms with Crippen molar-refractivity contribution in [1.82, 2.24) is 44.4 Å². The predicted molar refractivity (Wildman–Crippen MR) is 167 cm³/mol. The first-order valence-electron chi connectivity index (χ1n) is 15.1. The lowest BCUT2D eigenvalue weighted by molar-refractivity contribution is -0.131. The van der Waals surface area contributed by atoms with Gasteiger partial charge in [-0.15, -0.1) is 0 Å². The highest BCUT2D eigenvalue weighted by molar-refractivity contribution is 5.95. The molecule has 4 aromatic heterocycles. The zero-order chi connectivity index (χ0) is 31.5. The zero-order valence-corrected chi connectivity index (χ0v) is 25.1. The lowest BCUT2D eigenvalue weighted by Gasteiger charge is -2.29. The van der Waals surface area contributed by atoms with Crippen molar-refractivity contribution in [2.75, 3.05) is 30.4 Å². The summed E-state index contributed by atoms with van der Waals surface area (Å²) in [5.74, 6) is 0.247. The van der Waals surface area contributed by atoms with Gasteiger partial charge >= 0.3 is 0 Å². The van der Waals surface area contributed by atoms with Gasteiger partial charge in [0.05, 0.1) is 17.1 Å². The average molecular weight is 622 g/mol. The molecular formula is C32H29F2N11O. The van der Waals surface area contributed by atoms with Gasteiger partial charge < -0.3 is 15.1 Å². The number of amides is 1. The molecule has 1 N–H and O–H groups in total. The molecule has 6 aromatic rings. The summed E-state index contributed by atoms with van der Waals surface area (Å²) in [7, 11) is 3.76. The van der Waals surface area contributed by atoms with Crippen LogP contribution in [0.1, 0.15) is 18.5 Å². The monoisotopic (exact) mass is 621 g/mol. The molecule has 2 aliphatic heterocycles. The predicted octanol–water partition coefficient (Wildman–Crippen LogP) is 3.90. The Kier molecular flexibility index (Phi) is 6.58. The fourth-order valence-electron chi connectivity index (χ4n) is 6.71. The number of hydrogen-bond donors (Lipinski definition) is 1. The summed E-state index contributed by atoms with van der Waals surface area (Å²) in [6, 6.07) is 10.4. The van der Waals surface area contributed by atoms with E-state index in [-0.39, 0.29) is 17.6 Å². The first-order valence-corrected chi connectivity index (χ1v) is 15.1. The van der Waals surface area contributed by atoms with Gasteiger partial charge in [-0.2, -0.15) is 10.2 Å². The van der Waals surface area contributed by atoms with E-state index >= 15 is 0 Å². The molecule has 0 aliphatic carbocycles. The second-order valence-electron chi connectivity index (χ2n) is 11.7. The fraction of sp³-hybridized carbons (Fsp3) is 0.281. The van der Waals surface area contributed by atoms with E-state index in [1.54, 1.807) is 17.3 Å². The summed E-state index contributed by atoms with van der Waals surface area (Å²) in [5.41, 5.74) is 3.25. The van der Waals surface area contributed by atoms with E-state index in [4.69, 9.17) is 10.1 Å². The van der Waals surface area contributed by atoms with E-state index in [0.717, 1.165) is 34.6 Å². The normalized spacial score (nSPS) is 18.6. The van der Waals surface area contributed by atoms with Gasteiger partial charge in [-0.3, -0.25) is 9.48 Å². The van der Waals surface area contributed by atoms with Gasteiger partial charge in [-0.25, -0.2) is 33.4 Å². The summed E-state index contributed by atoms with van der Waals surface area (Å²) < 4.78 is 31.6. The molecule has 0 saturated carbocycles. The maximum absolute atomic E-state index is 14.7. The number of anilines is 2. The molecule has 2 aromatic carbocycles. The van der Waals surface area contributed by atoms with Crippen LogP contribution in [0.5, 0.6) is 0 Å². The Morgan fingerprint density at radius 1 is 1.04 bits per heavy atom. The number of carbonyl (C=O) groups is 1. The third-order valence-corrected chi connectivity index (χ3v) is 8.85. The van der Waals surface area contributed by atoms with Crippen molar-refractivity contribution in [2.45, 2.75) is 31.3 Å². The molecule has 4 bridgehead atoms. The van der Waals surface area contributed by atoms with E-state index in [9.17, 15) is 13.6 Å². The molecule has 1 fully saturated rings. The summed E-state index contributed by atoms with van der Waals surface area (Å²) in [6.45, 7) is 0.982. The number of aromatic nitrogens is 8. The van der Waals surface area contributed by atoms with Gasteiger partial charge in [-0.1, -0.05) is 12.1 Å². The average Bonchev–Trinajstić information content (AvgIpc) is 3.75. The number of benzene rings is 2. The standard InChI is InChI=1S/C32H29F2N11O/c1-42-12-4-7-25-28-20(5-3-6-23(28)41-43(25)2)29-35-11-10-27(40-29)39-19-14-26(32(42)46)44(16-19)30-21-15-38-45(31(21)37-17-36-30)24-9-8-18(33)13-22(24)34/h3,5-6,8-11,13,15,17,19,26H,4,7,12,14,16H2,1-2H3,(H,35,39,40)/t19-,26-/m0/s1. The number of nitrogens with zero attached hydrogens (tertiary/aromatic N) is 10. The fourth-order valence-corrected chi connectivity index (χ4v) is 6.71. The first-order chi connectivity index (χ1) is 22.4. The van der Waals surface area contributed by atoms with Crippen molar-refractivity contribution in [3.8, 4) is 17.1 Å². The highest BCUT2D eigenvalue weighted by Gasteiger charge is 2.40. The van der Waals surface area contributed by atoms with Crippen molar-refractivity contribution >= 4 is 39.5 Å². The minimum Gasteiger partial charge on any atom is -0.365 e. The Balaban J connectivity index is 1.20. The van der Waals surface area contributed by atoms with Gasteiger partial charge in [0.15, 0.2) is 17.3 Å². The SMILES string of the molecule is CN1CCCc2c3c(cccc3nn2C)-c2nccc(n2)N[C@H]2C[C@@H](C1=O)N(c1ncnc3c1cnn3-c1ccc(F)cc1F)C2. The molecular weight excluding hydrogens is 592 g/mol. The van der Waals surface area contributed by atoms with Gasteiger partial charge in [0.25, 0.3) is 0 Å². The number of aryl methyl sites for hydroxylation is 2. The molecule has 0 radical (unpaired) electrons. The van der Waals surface area contributed by atoms with Crippen molar-refractivity contribution < 1.29 is 13.6 Å². The number of nitrogens with one attached hydrogen (secondary N) is 1. The van der Waals surface area contributed by atoms with Crippen molar-refractivity contribution in [3.05, 3.63) is 78.5 Å². The first kappa shape index (κ1) is 28.0. The van der Waals surface area contributed by atoms with Crippen LogP contribution >= 0.6 is 0 Å². The Morgan fingerprint density at radius 3 is 2.80 bits per heavy atom. The molecule has 14 heteroatoms. The van der Waals surface area contributed by atoms with Gasteiger partial charge in [-0.05, 0) is 43.5 Å². The zero-order valence-electron chi connectivity index (χ0n) is 25.1. The van der Waals surface area contributed by atoms with E-state index in [1.165, 1.54) is 23.1 Å². The van der Waals surface area contributed by atoms with Gasteiger partial charge in [0.1, 0.15) is 35.5 Å². The lowest BCUT2D eigenvalue weighted by Crippen LogP contribution is -2.45. The smallest absolute Gasteiger partial charge is 0.245 e. The number of halogens is 2. The van der Waals surface area contributed by atoms with Crippen molar-refractivity contribution in [2.24, 2.45) is 7.05 Å². The molecule has 0 unspecified atom stereocenters. The lowest BCUT2D eigenvalue weighted by atomic mass is 10.0. The molecule has 1 amide bonds. The third kappa shape index (κ3) is 4.59. The van der Waals surface area contributed by atoms with Crippen LogP contribution in [0.4, 0.5) is 20.4 Å². The van der Waals surface area contributed by atoms with E-state index < -0.39 is 17.7 Å². The van der Waals surface area contributed by atoms with Crippen LogP contribution in [0.15, 0.2) is 61.2 Å². The second kappa shape index (κ2) is 10.8. The quantitative estimate of drug-likeness (QED) is 0.307. The summed E-state index contributed by atoms with van der Waals surface area (Å²) in [5, 5.41) is 14.2. The number of carbonyl (C=O) groups excluding carboxylic acids is 1. The van der Waals surface area contributed by atoms with Crippen LogP contribution < -0.4 is 10.2 Å². The molecule has 12 nitrogen and oxygen atoms in total. The molecule has 2 atom stereocenters. The number of hydrogen-bond acceptors (Lipinski definition) is 9. The van der Waals surface area contributed by atoms with Crippen LogP contribution in [0.3, 0.4) is 0 Å². The number of likely N-dealkylation sites (N-methyl/N-ethyl adjacent to an activating group) is 1. The molecule has 8 rings (SSSR count). The largest absolute Gasteiger partial charge is 0.365 e. The third-order valence-electron chi connectivity index (χ3n) is 8.85. The maximum atomic E-state index is 14.7. The topological polar surface area (TPSA) is 123 Å². The van der Waals surface area contributed by atoms with E-state index in [1.807, 2.05) is 47.9 Å². The van der Waals surface area contributed by atoms with Crippen molar-refractivity contribution in [3.63, 3.8) is 0 Å². The maximum Gasteiger partial charge on any atom is 0.245 e. The van der Waals surface area contributed by atoms with Crippen LogP contribution in [-0.2, 0) is 18.3 Å². The van der Waals surface area contributed by atoms with Crippen LogP contribution in [0.2, 0.25) is 0 Å². The minimum atomic E-state index is -0.767. The summed E-state index contributed by atoms with van der Waals surface area (Å²) >= 11 is 0. The molecule has 0 spiro atoms. The molecule has 232 valence electrons. The van der Waals surface area contributed by atoms with Gasteiger partial charge in [0, 0.05) is 62.1 Å². The Bertz CT molecular complexity index is 2140. The highest BCUT2D eigenvalue weighted by atomic mass is 19.1. The van der Waals surface area contributed by atoms with Gasteiger partial charge in [0.2, 0.25) is 5.91 Å². The molecule has 2 aliphatic rings. The number of fused-ring (bicyclic) bond motifs is 6. The molecule has 1 saturated heterocycles. The van der Waals surface area contributed by atoms with E-state index in [2.05, 4.69) is 25.4 Å². The Hall–Kier alpha value is -5.53. The Labute approximate surface area is 261 Å². The summed E-state index contributed by atoms with van der Waals surface area (Å²) in [6.07, 6.45) is 6.59. The number of rotatable bonds is 2. The van der Waals surface area contributed by atoms with Crippen LogP contribution in [0.25, 0.3) is 39.0 Å². The van der Waals surface area contributed by atoms with E-state index in [0.29, 0.717) is 54.4 Å². The van der Waals surface area contributed by atoms with Crippen LogP contribution in [0, 0.1) is 11.6 Å².